The summed E-state index contributed by atoms with van der Waals surface area (Å²) in [5, 5.41) is 3.34. The molecule has 3 heteroatoms. The molecule has 0 unspecified atom stereocenters. The summed E-state index contributed by atoms with van der Waals surface area (Å²) in [5.41, 5.74) is 1.26. The molecule has 94 valence electrons. The molecule has 0 atom stereocenters. The van der Waals surface area contributed by atoms with Gasteiger partial charge in [0.1, 0.15) is 5.82 Å². The lowest BCUT2D eigenvalue weighted by Crippen LogP contribution is -2.23. The highest BCUT2D eigenvalue weighted by atomic mass is 15.2. The molecular formula is C14H23N3. The van der Waals surface area contributed by atoms with Crippen molar-refractivity contribution in [1.82, 2.24) is 10.3 Å². The maximum Gasteiger partial charge on any atom is 0.132 e. The Balaban J connectivity index is 2.63. The molecule has 0 saturated carbocycles. The van der Waals surface area contributed by atoms with Gasteiger partial charge in [-0.25, -0.2) is 4.98 Å². The van der Waals surface area contributed by atoms with Crippen LogP contribution in [0, 0.1) is 0 Å². The minimum absolute atomic E-state index is 0.880. The number of nitrogens with one attached hydrogen (secondary N) is 1. The van der Waals surface area contributed by atoms with Crippen LogP contribution in [0.15, 0.2) is 31.0 Å². The number of unbranched alkanes of at least 4 members (excludes halogenated alkanes) is 1. The maximum atomic E-state index is 4.47. The zero-order valence-electron chi connectivity index (χ0n) is 10.9. The highest BCUT2D eigenvalue weighted by molar-refractivity contribution is 5.45. The zero-order chi connectivity index (χ0) is 12.5. The van der Waals surface area contributed by atoms with Gasteiger partial charge in [0.15, 0.2) is 0 Å². The van der Waals surface area contributed by atoms with Gasteiger partial charge in [-0.1, -0.05) is 19.1 Å². The largest absolute Gasteiger partial charge is 0.359 e. The average Bonchev–Trinajstić information content (AvgIpc) is 2.37. The Hall–Kier alpha value is -1.35. The molecule has 0 aliphatic rings. The molecule has 1 N–H and O–H groups in total. The number of aromatic nitrogens is 1. The second-order valence-electron chi connectivity index (χ2n) is 4.12. The first-order chi connectivity index (χ1) is 8.29. The number of allylic oxidation sites excluding steroid dienone is 1. The third-order valence-corrected chi connectivity index (χ3v) is 2.70. The van der Waals surface area contributed by atoms with E-state index in [0.717, 1.165) is 38.3 Å². The Morgan fingerprint density at radius 1 is 1.53 bits per heavy atom. The van der Waals surface area contributed by atoms with E-state index in [4.69, 9.17) is 0 Å². The van der Waals surface area contributed by atoms with Crippen molar-refractivity contribution in [3.63, 3.8) is 0 Å². The summed E-state index contributed by atoms with van der Waals surface area (Å²) in [6.45, 7) is 8.74. The topological polar surface area (TPSA) is 28.2 Å². The van der Waals surface area contributed by atoms with Gasteiger partial charge >= 0.3 is 0 Å². The van der Waals surface area contributed by atoms with Gasteiger partial charge in [0.05, 0.1) is 0 Å². The minimum Gasteiger partial charge on any atom is -0.359 e. The van der Waals surface area contributed by atoms with Gasteiger partial charge in [-0.15, -0.1) is 6.58 Å². The van der Waals surface area contributed by atoms with E-state index in [0.29, 0.717) is 0 Å². The first-order valence-electron chi connectivity index (χ1n) is 6.26. The van der Waals surface area contributed by atoms with E-state index in [9.17, 15) is 0 Å². The molecule has 1 aromatic heterocycles. The first kappa shape index (κ1) is 13.7. The quantitative estimate of drug-likeness (QED) is 0.552. The first-order valence-corrected chi connectivity index (χ1v) is 6.26. The van der Waals surface area contributed by atoms with E-state index in [1.165, 1.54) is 5.56 Å². The summed E-state index contributed by atoms with van der Waals surface area (Å²) < 4.78 is 0. The molecule has 0 aliphatic carbocycles. The normalized spacial score (nSPS) is 10.2. The van der Waals surface area contributed by atoms with E-state index in [-0.39, 0.29) is 0 Å². The summed E-state index contributed by atoms with van der Waals surface area (Å²) in [4.78, 5) is 6.69. The van der Waals surface area contributed by atoms with E-state index < -0.39 is 0 Å². The molecule has 0 amide bonds. The van der Waals surface area contributed by atoms with E-state index >= 15 is 0 Å². The van der Waals surface area contributed by atoms with Crippen LogP contribution in [0.3, 0.4) is 0 Å². The fourth-order valence-electron chi connectivity index (χ4n) is 1.75. The molecule has 0 bridgehead atoms. The van der Waals surface area contributed by atoms with Crippen molar-refractivity contribution < 1.29 is 0 Å². The molecule has 17 heavy (non-hydrogen) atoms. The van der Waals surface area contributed by atoms with Crippen LogP contribution in [0.25, 0.3) is 0 Å². The Morgan fingerprint density at radius 2 is 2.35 bits per heavy atom. The Kier molecular flexibility index (Phi) is 6.33. The molecule has 1 rings (SSSR count). The number of hydrogen-bond acceptors (Lipinski definition) is 3. The predicted molar refractivity (Wildman–Crippen MR) is 74.3 cm³/mol. The lowest BCUT2D eigenvalue weighted by atomic mass is 10.2. The summed E-state index contributed by atoms with van der Waals surface area (Å²) in [6.07, 6.45) is 6.00. The molecule has 1 aromatic rings. The Bertz CT molecular complexity index is 336. The fourth-order valence-corrected chi connectivity index (χ4v) is 1.75. The predicted octanol–water partition coefficient (Wildman–Crippen LogP) is 2.59. The van der Waals surface area contributed by atoms with Gasteiger partial charge in [0.25, 0.3) is 0 Å². The number of hydrogen-bond donors (Lipinski definition) is 1. The summed E-state index contributed by atoms with van der Waals surface area (Å²) >= 11 is 0. The van der Waals surface area contributed by atoms with E-state index in [1.54, 1.807) is 0 Å². The number of pyridine rings is 1. The summed E-state index contributed by atoms with van der Waals surface area (Å²) in [7, 11) is 2.10. The van der Waals surface area contributed by atoms with Gasteiger partial charge in [0.2, 0.25) is 0 Å². The number of rotatable bonds is 8. The summed E-state index contributed by atoms with van der Waals surface area (Å²) in [6, 6.07) is 4.13. The van der Waals surface area contributed by atoms with Crippen LogP contribution in [0.1, 0.15) is 25.3 Å². The van der Waals surface area contributed by atoms with Crippen LogP contribution >= 0.6 is 0 Å². The van der Waals surface area contributed by atoms with Gasteiger partial charge in [-0.2, -0.15) is 0 Å². The van der Waals surface area contributed by atoms with Crippen LogP contribution in [0.2, 0.25) is 0 Å². The highest BCUT2D eigenvalue weighted by Gasteiger charge is 2.07. The minimum atomic E-state index is 0.880. The van der Waals surface area contributed by atoms with Gasteiger partial charge in [-0.3, -0.25) is 0 Å². The van der Waals surface area contributed by atoms with Crippen molar-refractivity contribution in [2.45, 2.75) is 26.3 Å². The molecule has 0 radical (unpaired) electrons. The van der Waals surface area contributed by atoms with Crippen molar-refractivity contribution in [3.05, 3.63) is 36.5 Å². The van der Waals surface area contributed by atoms with Crippen LogP contribution in [-0.2, 0) is 6.54 Å². The second-order valence-corrected chi connectivity index (χ2v) is 4.12. The molecule has 0 aliphatic heterocycles. The fraction of sp³-hybridized carbons (Fsp3) is 0.500. The monoisotopic (exact) mass is 233 g/mol. The van der Waals surface area contributed by atoms with Crippen molar-refractivity contribution in [1.29, 1.82) is 0 Å². The van der Waals surface area contributed by atoms with Gasteiger partial charge in [0, 0.05) is 31.9 Å². The van der Waals surface area contributed by atoms with Crippen molar-refractivity contribution in [2.24, 2.45) is 0 Å². The van der Waals surface area contributed by atoms with E-state index in [1.807, 2.05) is 18.3 Å². The van der Waals surface area contributed by atoms with Gasteiger partial charge in [-0.05, 0) is 25.5 Å². The van der Waals surface area contributed by atoms with E-state index in [2.05, 4.69) is 41.8 Å². The van der Waals surface area contributed by atoms with Crippen LogP contribution in [0.5, 0.6) is 0 Å². The van der Waals surface area contributed by atoms with Crippen LogP contribution in [-0.4, -0.2) is 25.1 Å². The lowest BCUT2D eigenvalue weighted by molar-refractivity contribution is 0.715. The summed E-state index contributed by atoms with van der Waals surface area (Å²) in [5.74, 6) is 1.08. The van der Waals surface area contributed by atoms with Crippen LogP contribution in [0.4, 0.5) is 5.82 Å². The van der Waals surface area contributed by atoms with Gasteiger partial charge < -0.3 is 10.2 Å². The molecular weight excluding hydrogens is 210 g/mol. The number of anilines is 1. The molecule has 0 aromatic carbocycles. The average molecular weight is 233 g/mol. The third-order valence-electron chi connectivity index (χ3n) is 2.70. The smallest absolute Gasteiger partial charge is 0.132 e. The Morgan fingerprint density at radius 3 is 3.06 bits per heavy atom. The zero-order valence-corrected chi connectivity index (χ0v) is 10.9. The molecule has 0 saturated heterocycles. The molecule has 1 heterocycles. The Labute approximate surface area is 105 Å². The maximum absolute atomic E-state index is 4.47. The SMILES string of the molecule is C=CCCCN(C)c1ncccc1CNCC. The third kappa shape index (κ3) is 4.57. The van der Waals surface area contributed by atoms with Crippen molar-refractivity contribution in [2.75, 3.05) is 25.0 Å². The lowest BCUT2D eigenvalue weighted by Gasteiger charge is -2.20. The van der Waals surface area contributed by atoms with Crippen molar-refractivity contribution >= 4 is 5.82 Å². The van der Waals surface area contributed by atoms with Crippen LogP contribution < -0.4 is 10.2 Å². The highest BCUT2D eigenvalue weighted by Crippen LogP contribution is 2.16. The number of nitrogens with zero attached hydrogens (tertiary/aromatic N) is 2. The standard InChI is InChI=1S/C14H23N3/c1-4-6-7-11-17(3)14-13(12-15-5-2)9-8-10-16-14/h4,8-10,15H,1,5-7,11-12H2,2-3H3. The van der Waals surface area contributed by atoms with Crippen molar-refractivity contribution in [3.8, 4) is 0 Å². The molecule has 0 spiro atoms. The molecule has 0 fully saturated rings. The molecule has 3 nitrogen and oxygen atoms in total. The second kappa shape index (κ2) is 7.85.